The lowest BCUT2D eigenvalue weighted by Gasteiger charge is -2.23. The molecule has 2 fully saturated rings. The van der Waals surface area contributed by atoms with Crippen LogP contribution in [0, 0.1) is 0 Å². The number of nitrogens with one attached hydrogen (secondary N) is 1. The summed E-state index contributed by atoms with van der Waals surface area (Å²) in [5.41, 5.74) is 1.17. The summed E-state index contributed by atoms with van der Waals surface area (Å²) in [4.78, 5) is 17.3. The maximum Gasteiger partial charge on any atom is 0.289 e. The molecule has 2 aliphatic heterocycles. The molecule has 2 aliphatic rings. The Balaban J connectivity index is 0.00000169. The number of furan rings is 1. The summed E-state index contributed by atoms with van der Waals surface area (Å²) in [5.74, 6) is 1.54. The summed E-state index contributed by atoms with van der Waals surface area (Å²) in [6, 6.07) is 3.03. The van der Waals surface area contributed by atoms with E-state index < -0.39 is 0 Å². The van der Waals surface area contributed by atoms with Crippen molar-refractivity contribution in [2.24, 2.45) is 0 Å². The third kappa shape index (κ3) is 5.16. The lowest BCUT2D eigenvalue weighted by Crippen LogP contribution is -2.38. The predicted octanol–water partition coefficient (Wildman–Crippen LogP) is 3.49. The molecule has 0 unspecified atom stereocenters. The first-order valence-corrected chi connectivity index (χ1v) is 9.53. The van der Waals surface area contributed by atoms with Crippen molar-refractivity contribution >= 4 is 30.7 Å². The molecule has 2 saturated heterocycles. The highest BCUT2D eigenvalue weighted by atomic mass is 35.5. The molecule has 0 saturated carbocycles. The summed E-state index contributed by atoms with van der Waals surface area (Å²) in [6.45, 7) is 10.9. The number of carbonyl (C=O) groups excluding carboxylic acids is 1. The van der Waals surface area contributed by atoms with Gasteiger partial charge in [-0.2, -0.15) is 0 Å². The molecule has 7 heteroatoms. The van der Waals surface area contributed by atoms with Crippen LogP contribution in [-0.2, 0) is 13.0 Å². The van der Waals surface area contributed by atoms with Crippen LogP contribution in [-0.4, -0.2) is 54.0 Å². The number of nitrogens with zero attached hydrogens (tertiary/aromatic N) is 2. The molecule has 2 atom stereocenters. The molecule has 1 aromatic rings. The molecule has 2 bridgehead atoms. The molecular formula is C19H33Cl2N3O2. The zero-order valence-corrected chi connectivity index (χ0v) is 17.8. The highest BCUT2D eigenvalue weighted by molar-refractivity contribution is 5.92. The zero-order chi connectivity index (χ0) is 17.1. The van der Waals surface area contributed by atoms with Gasteiger partial charge in [0.15, 0.2) is 5.76 Å². The lowest BCUT2D eigenvalue weighted by molar-refractivity contribution is 0.0714. The van der Waals surface area contributed by atoms with Gasteiger partial charge in [0.1, 0.15) is 5.76 Å². The Hall–Kier alpha value is -0.750. The van der Waals surface area contributed by atoms with Gasteiger partial charge in [-0.25, -0.2) is 0 Å². The van der Waals surface area contributed by atoms with Gasteiger partial charge in [0, 0.05) is 43.7 Å². The van der Waals surface area contributed by atoms with Crippen molar-refractivity contribution in [1.29, 1.82) is 0 Å². The SMILES string of the molecule is CCc1oc(C(=O)N2CC[C@H]3CC[C@@H](C2)N3)cc1CN(CC)CC.Cl.Cl. The van der Waals surface area contributed by atoms with Crippen molar-refractivity contribution in [3.8, 4) is 0 Å². The van der Waals surface area contributed by atoms with Crippen LogP contribution in [0.4, 0.5) is 0 Å². The Kier molecular flexibility index (Phi) is 9.45. The summed E-state index contributed by atoms with van der Waals surface area (Å²) >= 11 is 0. The third-order valence-corrected chi connectivity index (χ3v) is 5.53. The van der Waals surface area contributed by atoms with Gasteiger partial charge in [-0.1, -0.05) is 20.8 Å². The van der Waals surface area contributed by atoms with Gasteiger partial charge >= 0.3 is 0 Å². The first-order valence-electron chi connectivity index (χ1n) is 9.53. The van der Waals surface area contributed by atoms with Crippen molar-refractivity contribution in [2.75, 3.05) is 26.2 Å². The molecule has 150 valence electrons. The van der Waals surface area contributed by atoms with Crippen LogP contribution >= 0.6 is 24.8 Å². The van der Waals surface area contributed by atoms with Crippen LogP contribution in [0.2, 0.25) is 0 Å². The molecule has 5 nitrogen and oxygen atoms in total. The summed E-state index contributed by atoms with van der Waals surface area (Å²) < 4.78 is 5.95. The number of amides is 1. The summed E-state index contributed by atoms with van der Waals surface area (Å²) in [6.07, 6.45) is 4.31. The average Bonchev–Trinajstić information content (AvgIpc) is 3.14. The van der Waals surface area contributed by atoms with Crippen LogP contribution in [0.5, 0.6) is 0 Å². The molecular weight excluding hydrogens is 373 g/mol. The molecule has 0 radical (unpaired) electrons. The van der Waals surface area contributed by atoms with Crippen LogP contribution in [0.1, 0.15) is 61.9 Å². The van der Waals surface area contributed by atoms with Crippen LogP contribution in [0.3, 0.4) is 0 Å². The van der Waals surface area contributed by atoms with E-state index in [4.69, 9.17) is 4.42 Å². The van der Waals surface area contributed by atoms with E-state index in [9.17, 15) is 4.79 Å². The second-order valence-corrected chi connectivity index (χ2v) is 7.05. The van der Waals surface area contributed by atoms with E-state index in [0.29, 0.717) is 17.8 Å². The molecule has 3 rings (SSSR count). The minimum absolute atomic E-state index is 0. The first kappa shape index (κ1) is 23.3. The van der Waals surface area contributed by atoms with Gasteiger partial charge in [0.2, 0.25) is 0 Å². The van der Waals surface area contributed by atoms with Crippen molar-refractivity contribution < 1.29 is 9.21 Å². The Bertz CT molecular complexity index is 575. The first-order chi connectivity index (χ1) is 11.6. The highest BCUT2D eigenvalue weighted by Crippen LogP contribution is 2.24. The molecule has 1 aromatic heterocycles. The third-order valence-electron chi connectivity index (χ3n) is 5.53. The average molecular weight is 406 g/mol. The van der Waals surface area contributed by atoms with Gasteiger partial charge < -0.3 is 14.6 Å². The van der Waals surface area contributed by atoms with Crippen molar-refractivity contribution in [3.05, 3.63) is 23.2 Å². The number of likely N-dealkylation sites (tertiary alicyclic amines) is 1. The molecule has 26 heavy (non-hydrogen) atoms. The minimum atomic E-state index is 0. The second kappa shape index (κ2) is 10.5. The van der Waals surface area contributed by atoms with E-state index in [-0.39, 0.29) is 30.7 Å². The van der Waals surface area contributed by atoms with Gasteiger partial charge in [0.25, 0.3) is 5.91 Å². The zero-order valence-electron chi connectivity index (χ0n) is 16.1. The summed E-state index contributed by atoms with van der Waals surface area (Å²) in [5, 5.41) is 3.63. The van der Waals surface area contributed by atoms with Crippen molar-refractivity contribution in [3.63, 3.8) is 0 Å². The standard InChI is InChI=1S/C19H31N3O2.2ClH/c1-4-17-14(12-21(5-2)6-3)11-18(24-17)19(23)22-10-9-15-7-8-16(13-22)20-15;;/h11,15-16,20H,4-10,12-13H2,1-3H3;2*1H/t15-,16+;;/m1../s1. The van der Waals surface area contributed by atoms with Crippen LogP contribution < -0.4 is 5.32 Å². The molecule has 0 aromatic carbocycles. The number of rotatable bonds is 6. The fraction of sp³-hybridized carbons (Fsp3) is 0.737. The monoisotopic (exact) mass is 405 g/mol. The molecule has 3 heterocycles. The minimum Gasteiger partial charge on any atom is -0.456 e. The lowest BCUT2D eigenvalue weighted by atomic mass is 10.1. The molecule has 1 N–H and O–H groups in total. The second-order valence-electron chi connectivity index (χ2n) is 7.05. The predicted molar refractivity (Wildman–Crippen MR) is 110 cm³/mol. The van der Waals surface area contributed by atoms with Crippen molar-refractivity contribution in [2.45, 2.75) is 65.1 Å². The van der Waals surface area contributed by atoms with Crippen LogP contribution in [0.25, 0.3) is 0 Å². The smallest absolute Gasteiger partial charge is 0.289 e. The highest BCUT2D eigenvalue weighted by Gasteiger charge is 2.32. The number of aryl methyl sites for hydroxylation is 1. The van der Waals surface area contributed by atoms with E-state index in [1.165, 1.54) is 18.4 Å². The number of fused-ring (bicyclic) bond motifs is 2. The Morgan fingerprint density at radius 3 is 2.54 bits per heavy atom. The van der Waals surface area contributed by atoms with Gasteiger partial charge in [0.05, 0.1) is 0 Å². The van der Waals surface area contributed by atoms with Crippen LogP contribution in [0.15, 0.2) is 10.5 Å². The van der Waals surface area contributed by atoms with E-state index >= 15 is 0 Å². The van der Waals surface area contributed by atoms with Gasteiger partial charge in [-0.05, 0) is 38.4 Å². The van der Waals surface area contributed by atoms with E-state index in [0.717, 1.165) is 51.3 Å². The van der Waals surface area contributed by atoms with Gasteiger partial charge in [-0.3, -0.25) is 9.69 Å². The molecule has 0 spiro atoms. The Morgan fingerprint density at radius 2 is 1.88 bits per heavy atom. The molecule has 1 amide bonds. The van der Waals surface area contributed by atoms with Crippen molar-refractivity contribution in [1.82, 2.24) is 15.1 Å². The van der Waals surface area contributed by atoms with Gasteiger partial charge in [-0.15, -0.1) is 24.8 Å². The van der Waals surface area contributed by atoms with E-state index in [2.05, 4.69) is 31.0 Å². The van der Waals surface area contributed by atoms with E-state index in [1.807, 2.05) is 11.0 Å². The maximum atomic E-state index is 12.9. The number of halogens is 2. The normalized spacial score (nSPS) is 21.9. The number of carbonyl (C=O) groups is 1. The molecule has 0 aliphatic carbocycles. The van der Waals surface area contributed by atoms with E-state index in [1.54, 1.807) is 0 Å². The topological polar surface area (TPSA) is 48.7 Å². The fourth-order valence-corrected chi connectivity index (χ4v) is 3.98. The largest absolute Gasteiger partial charge is 0.456 e. The fourth-order valence-electron chi connectivity index (χ4n) is 3.98. The number of hydrogen-bond acceptors (Lipinski definition) is 4. The Morgan fingerprint density at radius 1 is 1.19 bits per heavy atom. The number of hydrogen-bond donors (Lipinski definition) is 1. The summed E-state index contributed by atoms with van der Waals surface area (Å²) in [7, 11) is 0. The quantitative estimate of drug-likeness (QED) is 0.786. The maximum absolute atomic E-state index is 12.9. The Labute approximate surface area is 169 Å².